The number of halogens is 2. The SMILES string of the molecule is CN(C)C(=O)CN(C)C(=O)c1cc(Br)cnc1Cl. The largest absolute Gasteiger partial charge is 0.347 e. The van der Waals surface area contributed by atoms with Crippen molar-refractivity contribution in [3.63, 3.8) is 0 Å². The van der Waals surface area contributed by atoms with E-state index in [9.17, 15) is 9.59 Å². The minimum absolute atomic E-state index is 0.00528. The van der Waals surface area contributed by atoms with Crippen LogP contribution in [0.25, 0.3) is 0 Å². The van der Waals surface area contributed by atoms with Crippen molar-refractivity contribution in [2.24, 2.45) is 0 Å². The summed E-state index contributed by atoms with van der Waals surface area (Å²) in [5.74, 6) is -0.506. The summed E-state index contributed by atoms with van der Waals surface area (Å²) in [5, 5.41) is 0.118. The lowest BCUT2D eigenvalue weighted by atomic mass is 10.2. The van der Waals surface area contributed by atoms with E-state index in [-0.39, 0.29) is 29.1 Å². The summed E-state index contributed by atoms with van der Waals surface area (Å²) in [6.45, 7) is -0.00528. The van der Waals surface area contributed by atoms with Crippen molar-refractivity contribution in [3.05, 3.63) is 27.5 Å². The molecule has 0 spiro atoms. The van der Waals surface area contributed by atoms with E-state index in [1.54, 1.807) is 27.2 Å². The van der Waals surface area contributed by atoms with Crippen molar-refractivity contribution >= 4 is 39.3 Å². The standard InChI is InChI=1S/C11H13BrClN3O2/c1-15(2)9(17)6-16(3)11(18)8-4-7(12)5-14-10(8)13/h4-5H,6H2,1-3H3. The van der Waals surface area contributed by atoms with E-state index >= 15 is 0 Å². The average molecular weight is 335 g/mol. The summed E-state index contributed by atoms with van der Waals surface area (Å²) in [4.78, 5) is 30.2. The quantitative estimate of drug-likeness (QED) is 0.790. The lowest BCUT2D eigenvalue weighted by Crippen LogP contribution is -2.37. The fourth-order valence-electron chi connectivity index (χ4n) is 1.19. The van der Waals surface area contributed by atoms with Crippen molar-refractivity contribution in [3.8, 4) is 0 Å². The Kier molecular flexibility index (Phi) is 5.10. The van der Waals surface area contributed by atoms with Crippen LogP contribution in [-0.4, -0.2) is 54.3 Å². The number of hydrogen-bond acceptors (Lipinski definition) is 3. The maximum Gasteiger partial charge on any atom is 0.257 e. The third-order valence-electron chi connectivity index (χ3n) is 2.25. The molecule has 18 heavy (non-hydrogen) atoms. The Morgan fingerprint density at radius 1 is 1.39 bits per heavy atom. The highest BCUT2D eigenvalue weighted by Crippen LogP contribution is 2.19. The van der Waals surface area contributed by atoms with E-state index < -0.39 is 0 Å². The Morgan fingerprint density at radius 3 is 2.56 bits per heavy atom. The summed E-state index contributed by atoms with van der Waals surface area (Å²) in [7, 11) is 4.81. The van der Waals surface area contributed by atoms with Crippen molar-refractivity contribution < 1.29 is 9.59 Å². The lowest BCUT2D eigenvalue weighted by Gasteiger charge is -2.19. The maximum atomic E-state index is 12.1. The van der Waals surface area contributed by atoms with Crippen LogP contribution >= 0.6 is 27.5 Å². The van der Waals surface area contributed by atoms with Gasteiger partial charge in [-0.05, 0) is 22.0 Å². The third kappa shape index (κ3) is 3.68. The van der Waals surface area contributed by atoms with Crippen molar-refractivity contribution in [2.75, 3.05) is 27.7 Å². The number of pyridine rings is 1. The topological polar surface area (TPSA) is 53.5 Å². The van der Waals surface area contributed by atoms with E-state index in [4.69, 9.17) is 11.6 Å². The van der Waals surface area contributed by atoms with Gasteiger partial charge in [0.25, 0.3) is 5.91 Å². The normalized spacial score (nSPS) is 10.1. The van der Waals surface area contributed by atoms with Gasteiger partial charge < -0.3 is 9.80 Å². The first-order chi connectivity index (χ1) is 8.32. The number of aromatic nitrogens is 1. The molecule has 5 nitrogen and oxygen atoms in total. The summed E-state index contributed by atoms with van der Waals surface area (Å²) < 4.78 is 0.655. The molecule has 1 rings (SSSR count). The van der Waals surface area contributed by atoms with Crippen molar-refractivity contribution in [1.82, 2.24) is 14.8 Å². The molecule has 0 fully saturated rings. The van der Waals surface area contributed by atoms with Gasteiger partial charge in [0.1, 0.15) is 5.15 Å². The molecule has 1 aromatic rings. The fraction of sp³-hybridized carbons (Fsp3) is 0.364. The van der Waals surface area contributed by atoms with Crippen molar-refractivity contribution in [1.29, 1.82) is 0 Å². The maximum absolute atomic E-state index is 12.1. The highest BCUT2D eigenvalue weighted by molar-refractivity contribution is 9.10. The van der Waals surface area contributed by atoms with E-state index in [1.807, 2.05) is 0 Å². The van der Waals surface area contributed by atoms with Crippen LogP contribution in [-0.2, 0) is 4.79 Å². The first kappa shape index (κ1) is 14.9. The number of likely N-dealkylation sites (N-methyl/N-ethyl adjacent to an activating group) is 2. The van der Waals surface area contributed by atoms with Crippen LogP contribution in [0.2, 0.25) is 5.15 Å². The van der Waals surface area contributed by atoms with Crippen LogP contribution in [0.1, 0.15) is 10.4 Å². The van der Waals surface area contributed by atoms with Gasteiger partial charge in [-0.15, -0.1) is 0 Å². The van der Waals surface area contributed by atoms with Crippen LogP contribution in [0.15, 0.2) is 16.7 Å². The zero-order valence-electron chi connectivity index (χ0n) is 10.3. The number of amides is 2. The minimum atomic E-state index is -0.344. The summed E-state index contributed by atoms with van der Waals surface area (Å²) in [5.41, 5.74) is 0.264. The van der Waals surface area contributed by atoms with Gasteiger partial charge in [0, 0.05) is 31.8 Å². The van der Waals surface area contributed by atoms with Gasteiger partial charge in [0.2, 0.25) is 5.91 Å². The molecule has 0 radical (unpaired) electrons. The molecule has 0 atom stereocenters. The highest BCUT2D eigenvalue weighted by Gasteiger charge is 2.19. The van der Waals surface area contributed by atoms with Crippen LogP contribution < -0.4 is 0 Å². The number of carbonyl (C=O) groups excluding carboxylic acids is 2. The number of hydrogen-bond donors (Lipinski definition) is 0. The molecular weight excluding hydrogens is 321 g/mol. The summed E-state index contributed by atoms with van der Waals surface area (Å²) in [6.07, 6.45) is 1.50. The monoisotopic (exact) mass is 333 g/mol. The smallest absolute Gasteiger partial charge is 0.257 e. The van der Waals surface area contributed by atoms with E-state index in [0.29, 0.717) is 4.47 Å². The molecular formula is C11H13BrClN3O2. The molecule has 0 N–H and O–H groups in total. The first-order valence-electron chi connectivity index (χ1n) is 5.09. The number of carbonyl (C=O) groups is 2. The molecule has 0 aliphatic heterocycles. The molecule has 98 valence electrons. The van der Waals surface area contributed by atoms with Crippen molar-refractivity contribution in [2.45, 2.75) is 0 Å². The Hall–Kier alpha value is -1.14. The second-order valence-corrected chi connectivity index (χ2v) is 5.21. The second kappa shape index (κ2) is 6.15. The van der Waals surface area contributed by atoms with Gasteiger partial charge in [-0.1, -0.05) is 11.6 Å². The molecule has 0 saturated carbocycles. The first-order valence-corrected chi connectivity index (χ1v) is 6.26. The van der Waals surface area contributed by atoms with Gasteiger partial charge in [0.05, 0.1) is 12.1 Å². The molecule has 0 aliphatic carbocycles. The van der Waals surface area contributed by atoms with E-state index in [1.165, 1.54) is 16.0 Å². The zero-order chi connectivity index (χ0) is 13.9. The van der Waals surface area contributed by atoms with Crippen LogP contribution in [0.4, 0.5) is 0 Å². The predicted molar refractivity (Wildman–Crippen MR) is 72.6 cm³/mol. The minimum Gasteiger partial charge on any atom is -0.347 e. The third-order valence-corrected chi connectivity index (χ3v) is 2.99. The summed E-state index contributed by atoms with van der Waals surface area (Å²) in [6, 6.07) is 1.58. The molecule has 2 amide bonds. The van der Waals surface area contributed by atoms with Gasteiger partial charge in [-0.2, -0.15) is 0 Å². The molecule has 0 bridgehead atoms. The van der Waals surface area contributed by atoms with Gasteiger partial charge in [-0.3, -0.25) is 9.59 Å². The molecule has 0 unspecified atom stereocenters. The average Bonchev–Trinajstić information content (AvgIpc) is 2.31. The Balaban J connectivity index is 2.87. The molecule has 7 heteroatoms. The van der Waals surface area contributed by atoms with E-state index in [0.717, 1.165) is 0 Å². The van der Waals surface area contributed by atoms with Crippen LogP contribution in [0, 0.1) is 0 Å². The van der Waals surface area contributed by atoms with Gasteiger partial charge in [0.15, 0.2) is 0 Å². The van der Waals surface area contributed by atoms with Gasteiger partial charge in [-0.25, -0.2) is 4.98 Å². The summed E-state index contributed by atoms with van der Waals surface area (Å²) >= 11 is 9.08. The Morgan fingerprint density at radius 2 is 2.00 bits per heavy atom. The fourth-order valence-corrected chi connectivity index (χ4v) is 1.71. The molecule has 0 saturated heterocycles. The molecule has 1 aromatic heterocycles. The number of nitrogens with zero attached hydrogens (tertiary/aromatic N) is 3. The Labute approximate surface area is 119 Å². The molecule has 0 aromatic carbocycles. The predicted octanol–water partition coefficient (Wildman–Crippen LogP) is 1.66. The van der Waals surface area contributed by atoms with Crippen LogP contribution in [0.5, 0.6) is 0 Å². The van der Waals surface area contributed by atoms with Crippen LogP contribution in [0.3, 0.4) is 0 Å². The Bertz CT molecular complexity index is 479. The second-order valence-electron chi connectivity index (χ2n) is 3.94. The lowest BCUT2D eigenvalue weighted by molar-refractivity contribution is -0.129. The number of rotatable bonds is 3. The van der Waals surface area contributed by atoms with E-state index in [2.05, 4.69) is 20.9 Å². The zero-order valence-corrected chi connectivity index (χ0v) is 12.6. The molecule has 1 heterocycles. The van der Waals surface area contributed by atoms with Gasteiger partial charge >= 0.3 is 0 Å². The molecule has 0 aliphatic rings. The highest BCUT2D eigenvalue weighted by atomic mass is 79.9.